The van der Waals surface area contributed by atoms with Crippen LogP contribution >= 0.6 is 0 Å². The van der Waals surface area contributed by atoms with Crippen molar-refractivity contribution in [3.63, 3.8) is 0 Å². The fourth-order valence-corrected chi connectivity index (χ4v) is 4.06. The molecule has 3 rings (SSSR count). The second-order valence-electron chi connectivity index (χ2n) is 7.13. The number of nitrogens with one attached hydrogen (secondary N) is 1. The highest BCUT2D eigenvalue weighted by Crippen LogP contribution is 2.34. The molecule has 1 aliphatic rings. The number of rotatable bonds is 10. The van der Waals surface area contributed by atoms with Gasteiger partial charge in [0.2, 0.25) is 15.9 Å². The van der Waals surface area contributed by atoms with Crippen LogP contribution in [0.1, 0.15) is 18.9 Å². The van der Waals surface area contributed by atoms with Gasteiger partial charge in [0.25, 0.3) is 0 Å². The van der Waals surface area contributed by atoms with E-state index in [0.29, 0.717) is 43.6 Å². The summed E-state index contributed by atoms with van der Waals surface area (Å²) in [6, 6.07) is 12.7. The minimum Gasteiger partial charge on any atom is -0.494 e. The number of fused-ring (bicyclic) bond motifs is 1. The van der Waals surface area contributed by atoms with Crippen molar-refractivity contribution in [3.8, 4) is 17.2 Å². The lowest BCUT2D eigenvalue weighted by molar-refractivity contribution is -0.119. The van der Waals surface area contributed by atoms with Crippen LogP contribution in [0.15, 0.2) is 42.5 Å². The molecule has 0 aliphatic carbocycles. The number of nitrogens with zero attached hydrogens (tertiary/aromatic N) is 1. The molecule has 9 heteroatoms. The molecule has 1 amide bonds. The van der Waals surface area contributed by atoms with Gasteiger partial charge in [-0.1, -0.05) is 12.1 Å². The first kappa shape index (κ1) is 22.7. The Hall–Kier alpha value is -2.94. The lowest BCUT2D eigenvalue weighted by atomic mass is 10.1. The van der Waals surface area contributed by atoms with Crippen LogP contribution in [0.5, 0.6) is 17.2 Å². The predicted octanol–water partition coefficient (Wildman–Crippen LogP) is 2.37. The van der Waals surface area contributed by atoms with Crippen molar-refractivity contribution >= 4 is 21.6 Å². The van der Waals surface area contributed by atoms with E-state index in [-0.39, 0.29) is 12.5 Å². The molecule has 1 aliphatic heterocycles. The Kier molecular flexibility index (Phi) is 7.62. The van der Waals surface area contributed by atoms with Gasteiger partial charge in [0.15, 0.2) is 11.5 Å². The van der Waals surface area contributed by atoms with Gasteiger partial charge in [-0.15, -0.1) is 0 Å². The zero-order valence-electron chi connectivity index (χ0n) is 17.8. The number of ether oxygens (including phenoxy) is 3. The topological polar surface area (TPSA) is 94.2 Å². The third kappa shape index (κ3) is 6.52. The summed E-state index contributed by atoms with van der Waals surface area (Å²) in [6.07, 6.45) is 2.61. The van der Waals surface area contributed by atoms with Gasteiger partial charge in [0.05, 0.1) is 18.6 Å². The molecule has 2 aromatic rings. The molecule has 168 valence electrons. The molecule has 0 bridgehead atoms. The fraction of sp³-hybridized carbons (Fsp3) is 0.409. The molecule has 0 unspecified atom stereocenters. The maximum absolute atomic E-state index is 12.4. The van der Waals surface area contributed by atoms with Gasteiger partial charge >= 0.3 is 0 Å². The van der Waals surface area contributed by atoms with Gasteiger partial charge in [-0.2, -0.15) is 0 Å². The second kappa shape index (κ2) is 10.4. The summed E-state index contributed by atoms with van der Waals surface area (Å²) in [5, 5.41) is 2.79. The summed E-state index contributed by atoms with van der Waals surface area (Å²) < 4.78 is 42.0. The first-order valence-corrected chi connectivity index (χ1v) is 12.1. The number of anilines is 1. The minimum absolute atomic E-state index is 0.304. The van der Waals surface area contributed by atoms with Gasteiger partial charge in [-0.05, 0) is 49.6 Å². The number of benzene rings is 2. The molecule has 31 heavy (non-hydrogen) atoms. The van der Waals surface area contributed by atoms with Crippen LogP contribution in [0.4, 0.5) is 5.69 Å². The molecular weight excluding hydrogens is 420 g/mol. The van der Waals surface area contributed by atoms with E-state index in [4.69, 9.17) is 14.2 Å². The van der Waals surface area contributed by atoms with Crippen molar-refractivity contribution in [1.82, 2.24) is 5.32 Å². The highest BCUT2D eigenvalue weighted by molar-refractivity contribution is 7.92. The molecule has 0 saturated heterocycles. The lowest BCUT2D eigenvalue weighted by Crippen LogP contribution is -2.40. The quantitative estimate of drug-likeness (QED) is 0.561. The number of hydrogen-bond donors (Lipinski definition) is 1. The van der Waals surface area contributed by atoms with Crippen molar-refractivity contribution in [1.29, 1.82) is 0 Å². The molecule has 0 radical (unpaired) electrons. The van der Waals surface area contributed by atoms with Crippen LogP contribution in [-0.2, 0) is 21.2 Å². The number of amides is 1. The molecule has 0 fully saturated rings. The summed E-state index contributed by atoms with van der Waals surface area (Å²) >= 11 is 0. The maximum Gasteiger partial charge on any atom is 0.240 e. The monoisotopic (exact) mass is 448 g/mol. The summed E-state index contributed by atoms with van der Waals surface area (Å²) in [6.45, 7) is 3.55. The van der Waals surface area contributed by atoms with E-state index < -0.39 is 10.0 Å². The van der Waals surface area contributed by atoms with Crippen molar-refractivity contribution < 1.29 is 27.4 Å². The Morgan fingerprint density at radius 1 is 1.10 bits per heavy atom. The van der Waals surface area contributed by atoms with Crippen LogP contribution in [0, 0.1) is 0 Å². The summed E-state index contributed by atoms with van der Waals surface area (Å²) in [5.74, 6) is 1.49. The van der Waals surface area contributed by atoms with Crippen molar-refractivity contribution in [2.24, 2.45) is 0 Å². The number of sulfonamides is 1. The predicted molar refractivity (Wildman–Crippen MR) is 119 cm³/mol. The Morgan fingerprint density at radius 3 is 2.48 bits per heavy atom. The number of carbonyl (C=O) groups is 1. The normalized spacial score (nSPS) is 12.8. The zero-order chi connectivity index (χ0) is 22.3. The molecule has 1 heterocycles. The van der Waals surface area contributed by atoms with E-state index in [0.717, 1.165) is 34.7 Å². The lowest BCUT2D eigenvalue weighted by Gasteiger charge is -2.24. The van der Waals surface area contributed by atoms with E-state index in [1.54, 1.807) is 18.2 Å². The van der Waals surface area contributed by atoms with Crippen LogP contribution in [0.2, 0.25) is 0 Å². The smallest absolute Gasteiger partial charge is 0.240 e. The summed E-state index contributed by atoms with van der Waals surface area (Å²) in [5.41, 5.74) is 1.50. The number of aryl methyl sites for hydroxylation is 1. The standard InChI is InChI=1S/C22H28N2O6S/c1-3-28-19-9-6-17(7-10-19)5-4-12-23-22(25)16-24(31(2,26)27)18-8-11-20-21(15-18)30-14-13-29-20/h6-11,15H,3-5,12-14,16H2,1-2H3,(H,23,25). The average Bonchev–Trinajstić information content (AvgIpc) is 2.75. The van der Waals surface area contributed by atoms with Gasteiger partial charge in [0.1, 0.15) is 25.5 Å². The molecular formula is C22H28N2O6S. The van der Waals surface area contributed by atoms with Crippen molar-refractivity contribution in [2.45, 2.75) is 19.8 Å². The molecule has 1 N–H and O–H groups in total. The van der Waals surface area contributed by atoms with E-state index in [9.17, 15) is 13.2 Å². The summed E-state index contributed by atoms with van der Waals surface area (Å²) in [4.78, 5) is 12.4. The van der Waals surface area contributed by atoms with E-state index in [1.807, 2.05) is 31.2 Å². The molecule has 2 aromatic carbocycles. The number of carbonyl (C=O) groups excluding carboxylic acids is 1. The third-order valence-electron chi connectivity index (χ3n) is 4.70. The number of hydrogen-bond acceptors (Lipinski definition) is 6. The zero-order valence-corrected chi connectivity index (χ0v) is 18.6. The third-order valence-corrected chi connectivity index (χ3v) is 5.84. The largest absolute Gasteiger partial charge is 0.494 e. The van der Waals surface area contributed by atoms with Gasteiger partial charge in [0, 0.05) is 12.6 Å². The maximum atomic E-state index is 12.4. The first-order valence-electron chi connectivity index (χ1n) is 10.2. The Morgan fingerprint density at radius 2 is 1.81 bits per heavy atom. The van der Waals surface area contributed by atoms with E-state index in [1.165, 1.54) is 0 Å². The highest BCUT2D eigenvalue weighted by atomic mass is 32.2. The van der Waals surface area contributed by atoms with Crippen LogP contribution in [-0.4, -0.2) is 53.5 Å². The average molecular weight is 449 g/mol. The van der Waals surface area contributed by atoms with Crippen LogP contribution in [0.3, 0.4) is 0 Å². The summed E-state index contributed by atoms with van der Waals surface area (Å²) in [7, 11) is -3.66. The minimum atomic E-state index is -3.66. The molecule has 0 aromatic heterocycles. The molecule has 0 atom stereocenters. The molecule has 8 nitrogen and oxygen atoms in total. The molecule has 0 saturated carbocycles. The Bertz CT molecular complexity index is 992. The van der Waals surface area contributed by atoms with Gasteiger partial charge in [-0.25, -0.2) is 8.42 Å². The fourth-order valence-electron chi connectivity index (χ4n) is 3.21. The molecule has 0 spiro atoms. The van der Waals surface area contributed by atoms with Crippen LogP contribution < -0.4 is 23.8 Å². The highest BCUT2D eigenvalue weighted by Gasteiger charge is 2.23. The Balaban J connectivity index is 1.53. The SMILES string of the molecule is CCOc1ccc(CCCNC(=O)CN(c2ccc3c(c2)OCCO3)S(C)(=O)=O)cc1. The van der Waals surface area contributed by atoms with Crippen LogP contribution in [0.25, 0.3) is 0 Å². The van der Waals surface area contributed by atoms with Crippen molar-refractivity contribution in [3.05, 3.63) is 48.0 Å². The van der Waals surface area contributed by atoms with E-state index in [2.05, 4.69) is 5.32 Å². The van der Waals surface area contributed by atoms with Gasteiger partial charge in [-0.3, -0.25) is 9.10 Å². The van der Waals surface area contributed by atoms with E-state index >= 15 is 0 Å². The van der Waals surface area contributed by atoms with Gasteiger partial charge < -0.3 is 19.5 Å². The first-order chi connectivity index (χ1) is 14.9. The Labute approximate surface area is 183 Å². The van der Waals surface area contributed by atoms with Crippen molar-refractivity contribution in [2.75, 3.05) is 43.5 Å². The second-order valence-corrected chi connectivity index (χ2v) is 9.03.